The molecule has 0 aromatic heterocycles. The molecular weight excluding hydrogens is 191 g/mol. The topological polar surface area (TPSA) is 74.6 Å². The molecule has 1 aromatic rings. The molecule has 13 heavy (non-hydrogen) atoms. The lowest BCUT2D eigenvalue weighted by Crippen LogP contribution is -2.11. The molecule has 4 nitrogen and oxygen atoms in total. The first kappa shape index (κ1) is 9.68. The van der Waals surface area contributed by atoms with Crippen LogP contribution in [0.25, 0.3) is 0 Å². The molecule has 0 aliphatic rings. The van der Waals surface area contributed by atoms with E-state index in [1.165, 1.54) is 18.2 Å². The van der Waals surface area contributed by atoms with Crippen LogP contribution in [-0.4, -0.2) is 22.2 Å². The Hall–Kier alpha value is -1.41. The molecule has 5 heteroatoms. The van der Waals surface area contributed by atoms with Crippen molar-refractivity contribution in [3.63, 3.8) is 0 Å². The van der Waals surface area contributed by atoms with Gasteiger partial charge in [-0.1, -0.05) is 0 Å². The SMILES string of the molecule is O=C(O)c1ccc(C(=O)O)c(P)c1. The van der Waals surface area contributed by atoms with Gasteiger partial charge in [-0.2, -0.15) is 0 Å². The summed E-state index contributed by atoms with van der Waals surface area (Å²) in [6.45, 7) is 0. The van der Waals surface area contributed by atoms with Gasteiger partial charge >= 0.3 is 11.9 Å². The van der Waals surface area contributed by atoms with Crippen LogP contribution in [0.4, 0.5) is 0 Å². The van der Waals surface area contributed by atoms with Crippen molar-refractivity contribution in [2.45, 2.75) is 0 Å². The van der Waals surface area contributed by atoms with E-state index in [9.17, 15) is 9.59 Å². The smallest absolute Gasteiger partial charge is 0.336 e. The first-order chi connectivity index (χ1) is 6.02. The number of benzene rings is 1. The van der Waals surface area contributed by atoms with Crippen molar-refractivity contribution in [3.8, 4) is 0 Å². The zero-order valence-corrected chi connectivity index (χ0v) is 7.68. The van der Waals surface area contributed by atoms with Crippen LogP contribution in [-0.2, 0) is 0 Å². The molecule has 0 radical (unpaired) electrons. The van der Waals surface area contributed by atoms with Crippen molar-refractivity contribution in [1.82, 2.24) is 0 Å². The number of rotatable bonds is 2. The lowest BCUT2D eigenvalue weighted by molar-refractivity contribution is 0.0682. The number of hydrogen-bond donors (Lipinski definition) is 2. The Morgan fingerprint density at radius 2 is 1.77 bits per heavy atom. The minimum Gasteiger partial charge on any atom is -0.478 e. The van der Waals surface area contributed by atoms with Gasteiger partial charge in [-0.25, -0.2) is 9.59 Å². The van der Waals surface area contributed by atoms with E-state index in [1.807, 2.05) is 0 Å². The minimum atomic E-state index is -1.07. The largest absolute Gasteiger partial charge is 0.478 e. The third-order valence-electron chi connectivity index (χ3n) is 1.53. The Balaban J connectivity index is 3.20. The Morgan fingerprint density at radius 3 is 2.15 bits per heavy atom. The van der Waals surface area contributed by atoms with E-state index < -0.39 is 11.9 Å². The van der Waals surface area contributed by atoms with Gasteiger partial charge in [-0.05, 0) is 23.5 Å². The van der Waals surface area contributed by atoms with Gasteiger partial charge in [0.15, 0.2) is 0 Å². The molecule has 0 aliphatic heterocycles. The van der Waals surface area contributed by atoms with E-state index in [-0.39, 0.29) is 11.1 Å². The number of carbonyl (C=O) groups is 2. The van der Waals surface area contributed by atoms with E-state index in [4.69, 9.17) is 10.2 Å². The highest BCUT2D eigenvalue weighted by Gasteiger charge is 2.09. The third-order valence-corrected chi connectivity index (χ3v) is 2.01. The molecule has 0 fully saturated rings. The quantitative estimate of drug-likeness (QED) is 0.681. The van der Waals surface area contributed by atoms with E-state index in [2.05, 4.69) is 9.24 Å². The molecule has 0 saturated carbocycles. The number of hydrogen-bond acceptors (Lipinski definition) is 2. The van der Waals surface area contributed by atoms with Crippen molar-refractivity contribution >= 4 is 26.5 Å². The molecule has 0 heterocycles. The second-order valence-corrected chi connectivity index (χ2v) is 3.03. The lowest BCUT2D eigenvalue weighted by atomic mass is 10.1. The van der Waals surface area contributed by atoms with Gasteiger partial charge in [0.25, 0.3) is 0 Å². The zero-order chi connectivity index (χ0) is 10.0. The highest BCUT2D eigenvalue weighted by Crippen LogP contribution is 2.05. The van der Waals surface area contributed by atoms with E-state index >= 15 is 0 Å². The lowest BCUT2D eigenvalue weighted by Gasteiger charge is -2.00. The van der Waals surface area contributed by atoms with Gasteiger partial charge in [0.1, 0.15) is 0 Å². The van der Waals surface area contributed by atoms with Crippen molar-refractivity contribution in [1.29, 1.82) is 0 Å². The maximum atomic E-state index is 10.5. The zero-order valence-electron chi connectivity index (χ0n) is 6.52. The van der Waals surface area contributed by atoms with Gasteiger partial charge in [-0.15, -0.1) is 9.24 Å². The molecule has 0 amide bonds. The Morgan fingerprint density at radius 1 is 1.15 bits per heavy atom. The normalized spacial score (nSPS) is 9.62. The molecule has 0 bridgehead atoms. The molecule has 1 atom stereocenters. The summed E-state index contributed by atoms with van der Waals surface area (Å²) in [5, 5.41) is 17.6. The van der Waals surface area contributed by atoms with Crippen molar-refractivity contribution in [2.75, 3.05) is 0 Å². The average Bonchev–Trinajstić information content (AvgIpc) is 2.03. The summed E-state index contributed by atoms with van der Waals surface area (Å²) >= 11 is 0. The molecule has 1 aromatic carbocycles. The molecular formula is C8H7O4P. The minimum absolute atomic E-state index is 0.0787. The Kier molecular flexibility index (Phi) is 2.63. The van der Waals surface area contributed by atoms with Gasteiger partial charge in [0.2, 0.25) is 0 Å². The fourth-order valence-electron chi connectivity index (χ4n) is 0.891. The molecule has 68 valence electrons. The van der Waals surface area contributed by atoms with Crippen LogP contribution in [0.15, 0.2) is 18.2 Å². The molecule has 0 aliphatic carbocycles. The van der Waals surface area contributed by atoms with Crippen LogP contribution >= 0.6 is 9.24 Å². The van der Waals surface area contributed by atoms with E-state index in [1.54, 1.807) is 0 Å². The molecule has 0 spiro atoms. The fraction of sp³-hybridized carbons (Fsp3) is 0. The fourth-order valence-corrected chi connectivity index (χ4v) is 1.29. The predicted molar refractivity (Wildman–Crippen MR) is 49.7 cm³/mol. The van der Waals surface area contributed by atoms with E-state index in [0.29, 0.717) is 5.30 Å². The van der Waals surface area contributed by atoms with Gasteiger partial charge in [-0.3, -0.25) is 0 Å². The van der Waals surface area contributed by atoms with Gasteiger partial charge in [0, 0.05) is 0 Å². The second-order valence-electron chi connectivity index (χ2n) is 2.41. The monoisotopic (exact) mass is 198 g/mol. The predicted octanol–water partition coefficient (Wildman–Crippen LogP) is 0.583. The standard InChI is InChI=1S/C8H7O4P/c9-7(10)4-1-2-5(8(11)12)6(13)3-4/h1-3H,13H2,(H,9,10)(H,11,12). The van der Waals surface area contributed by atoms with Crippen LogP contribution in [0, 0.1) is 0 Å². The second kappa shape index (κ2) is 3.54. The first-order valence-corrected chi connectivity index (χ1v) is 3.96. The summed E-state index contributed by atoms with van der Waals surface area (Å²) in [4.78, 5) is 21.0. The van der Waals surface area contributed by atoms with E-state index in [0.717, 1.165) is 0 Å². The average molecular weight is 198 g/mol. The van der Waals surface area contributed by atoms with Gasteiger partial charge in [0.05, 0.1) is 11.1 Å². The highest BCUT2D eigenvalue weighted by atomic mass is 31.0. The van der Waals surface area contributed by atoms with Crippen LogP contribution in [0.3, 0.4) is 0 Å². The summed E-state index contributed by atoms with van der Waals surface area (Å²) in [5.74, 6) is -2.14. The summed E-state index contributed by atoms with van der Waals surface area (Å²) < 4.78 is 0. The van der Waals surface area contributed by atoms with Crippen LogP contribution < -0.4 is 5.30 Å². The molecule has 1 rings (SSSR count). The van der Waals surface area contributed by atoms with Crippen molar-refractivity contribution < 1.29 is 19.8 Å². The van der Waals surface area contributed by atoms with Crippen molar-refractivity contribution in [3.05, 3.63) is 29.3 Å². The summed E-state index contributed by atoms with van der Waals surface area (Å²) in [6.07, 6.45) is 0. The molecule has 0 saturated heterocycles. The maximum Gasteiger partial charge on any atom is 0.336 e. The molecule has 2 N–H and O–H groups in total. The summed E-state index contributed by atoms with van der Waals surface area (Å²) in [5.41, 5.74) is 0.171. The van der Waals surface area contributed by atoms with Crippen molar-refractivity contribution in [2.24, 2.45) is 0 Å². The maximum absolute atomic E-state index is 10.5. The Labute approximate surface area is 76.4 Å². The Bertz CT molecular complexity index is 372. The summed E-state index contributed by atoms with van der Waals surface area (Å²) in [7, 11) is 2.19. The number of carboxylic acid groups (broad SMARTS) is 2. The number of aromatic carboxylic acids is 2. The van der Waals surface area contributed by atoms with Gasteiger partial charge < -0.3 is 10.2 Å². The van der Waals surface area contributed by atoms with Crippen LogP contribution in [0.2, 0.25) is 0 Å². The first-order valence-electron chi connectivity index (χ1n) is 3.38. The van der Waals surface area contributed by atoms with Crippen LogP contribution in [0.5, 0.6) is 0 Å². The molecule has 1 unspecified atom stereocenters. The summed E-state index contributed by atoms with van der Waals surface area (Å²) in [6, 6.07) is 3.84. The van der Waals surface area contributed by atoms with Crippen LogP contribution in [0.1, 0.15) is 20.7 Å². The number of carboxylic acids is 2. The third kappa shape index (κ3) is 2.04. The highest BCUT2D eigenvalue weighted by molar-refractivity contribution is 7.27.